The van der Waals surface area contributed by atoms with Gasteiger partial charge < -0.3 is 0 Å². The lowest BCUT2D eigenvalue weighted by molar-refractivity contribution is 0.389. The van der Waals surface area contributed by atoms with E-state index in [1.807, 2.05) is 45.0 Å². The summed E-state index contributed by atoms with van der Waals surface area (Å²) in [4.78, 5) is 0. The van der Waals surface area contributed by atoms with Gasteiger partial charge in [0, 0.05) is 0 Å². The van der Waals surface area contributed by atoms with Gasteiger partial charge in [-0.1, -0.05) is 31.5 Å². The van der Waals surface area contributed by atoms with E-state index < -0.39 is 0 Å². The molecule has 0 heterocycles. The number of benzene rings is 1. The smallest absolute Gasteiger partial charge is 0.0602 e. The number of anilines is 1. The summed E-state index contributed by atoms with van der Waals surface area (Å²) in [6.07, 6.45) is 0. The third-order valence-corrected chi connectivity index (χ3v) is 1.18. The Morgan fingerprint density at radius 2 is 1.55 bits per heavy atom. The molecule has 0 unspecified atom stereocenters. The van der Waals surface area contributed by atoms with E-state index >= 15 is 0 Å². The van der Waals surface area contributed by atoms with Gasteiger partial charge in [0.05, 0.1) is 5.69 Å². The van der Waals surface area contributed by atoms with Crippen LogP contribution in [-0.2, 0) is 0 Å². The molecular formula is C9H15NO. The Balaban J connectivity index is 0.000000461. The summed E-state index contributed by atoms with van der Waals surface area (Å²) >= 11 is 0. The van der Waals surface area contributed by atoms with Gasteiger partial charge in [0.15, 0.2) is 0 Å². The molecule has 0 aromatic heterocycles. The quantitative estimate of drug-likeness (QED) is 0.608. The molecule has 0 aliphatic carbocycles. The van der Waals surface area contributed by atoms with E-state index in [9.17, 15) is 0 Å². The number of rotatable bonds is 1. The molecule has 0 aliphatic rings. The maximum Gasteiger partial charge on any atom is 0.0602 e. The number of hydrogen-bond acceptors (Lipinski definition) is 2. The van der Waals surface area contributed by atoms with Crippen LogP contribution in [0, 0.1) is 6.92 Å². The van der Waals surface area contributed by atoms with Gasteiger partial charge in [-0.15, -0.1) is 0 Å². The monoisotopic (exact) mass is 153 g/mol. The van der Waals surface area contributed by atoms with Crippen LogP contribution >= 0.6 is 0 Å². The molecule has 1 rings (SSSR count). The zero-order valence-electron chi connectivity index (χ0n) is 7.26. The Morgan fingerprint density at radius 3 is 1.91 bits per heavy atom. The van der Waals surface area contributed by atoms with Crippen molar-refractivity contribution in [1.29, 1.82) is 0 Å². The van der Waals surface area contributed by atoms with E-state index in [0.29, 0.717) is 0 Å². The molecule has 11 heavy (non-hydrogen) atoms. The van der Waals surface area contributed by atoms with E-state index in [-0.39, 0.29) is 0 Å². The van der Waals surface area contributed by atoms with Crippen molar-refractivity contribution in [3.05, 3.63) is 29.8 Å². The van der Waals surface area contributed by atoms with E-state index in [0.717, 1.165) is 5.69 Å². The maximum absolute atomic E-state index is 8.38. The largest absolute Gasteiger partial charge is 0.291 e. The van der Waals surface area contributed by atoms with E-state index in [4.69, 9.17) is 5.21 Å². The predicted octanol–water partition coefficient (Wildman–Crippen LogP) is 2.82. The first-order valence-electron chi connectivity index (χ1n) is 3.79. The van der Waals surface area contributed by atoms with Crippen LogP contribution in [0.1, 0.15) is 19.4 Å². The van der Waals surface area contributed by atoms with Crippen LogP contribution < -0.4 is 5.48 Å². The lowest BCUT2D eigenvalue weighted by atomic mass is 10.2. The molecule has 2 nitrogen and oxygen atoms in total. The van der Waals surface area contributed by atoms with Crippen LogP contribution in [-0.4, -0.2) is 5.21 Å². The molecule has 0 bridgehead atoms. The number of nitrogens with one attached hydrogen (secondary N) is 1. The highest BCUT2D eigenvalue weighted by Crippen LogP contribution is 2.06. The second kappa shape index (κ2) is 5.74. The van der Waals surface area contributed by atoms with Crippen molar-refractivity contribution in [2.24, 2.45) is 0 Å². The van der Waals surface area contributed by atoms with E-state index in [2.05, 4.69) is 5.48 Å². The lowest BCUT2D eigenvalue weighted by Crippen LogP contribution is -1.87. The maximum atomic E-state index is 8.38. The van der Waals surface area contributed by atoms with Gasteiger partial charge in [0.25, 0.3) is 0 Å². The molecule has 0 spiro atoms. The van der Waals surface area contributed by atoms with Gasteiger partial charge in [-0.05, 0) is 19.1 Å². The van der Waals surface area contributed by atoms with Crippen LogP contribution in [0.25, 0.3) is 0 Å². The Labute approximate surface area is 67.8 Å². The Kier molecular flexibility index (Phi) is 5.21. The fourth-order valence-electron chi connectivity index (χ4n) is 0.628. The molecule has 1 aromatic carbocycles. The van der Waals surface area contributed by atoms with Crippen LogP contribution in [0.4, 0.5) is 5.69 Å². The summed E-state index contributed by atoms with van der Waals surface area (Å²) in [5.74, 6) is 0. The predicted molar refractivity (Wildman–Crippen MR) is 47.9 cm³/mol. The summed E-state index contributed by atoms with van der Waals surface area (Å²) in [6.45, 7) is 6.00. The second-order valence-electron chi connectivity index (χ2n) is 1.98. The van der Waals surface area contributed by atoms with Gasteiger partial charge >= 0.3 is 0 Å². The number of hydrogen-bond donors (Lipinski definition) is 2. The Bertz CT molecular complexity index is 181. The highest BCUT2D eigenvalue weighted by molar-refractivity contribution is 5.41. The minimum absolute atomic E-state index is 0.723. The van der Waals surface area contributed by atoms with Crippen LogP contribution in [0.3, 0.4) is 0 Å². The molecule has 0 amide bonds. The summed E-state index contributed by atoms with van der Waals surface area (Å²) < 4.78 is 0. The van der Waals surface area contributed by atoms with Crippen molar-refractivity contribution in [1.82, 2.24) is 0 Å². The van der Waals surface area contributed by atoms with Gasteiger partial charge in [-0.3, -0.25) is 10.7 Å². The normalized spacial score (nSPS) is 8.00. The topological polar surface area (TPSA) is 32.3 Å². The van der Waals surface area contributed by atoms with Crippen LogP contribution in [0.5, 0.6) is 0 Å². The first kappa shape index (κ1) is 9.98. The summed E-state index contributed by atoms with van der Waals surface area (Å²) in [5.41, 5.74) is 3.97. The molecule has 0 atom stereocenters. The van der Waals surface area contributed by atoms with E-state index in [1.54, 1.807) is 0 Å². The fraction of sp³-hybridized carbons (Fsp3) is 0.333. The van der Waals surface area contributed by atoms with Crippen LogP contribution in [0.15, 0.2) is 24.3 Å². The zero-order chi connectivity index (χ0) is 8.69. The van der Waals surface area contributed by atoms with Crippen molar-refractivity contribution >= 4 is 5.69 Å². The highest BCUT2D eigenvalue weighted by Gasteiger charge is 1.84. The zero-order valence-corrected chi connectivity index (χ0v) is 7.26. The third kappa shape index (κ3) is 3.63. The molecule has 0 aliphatic heterocycles. The standard InChI is InChI=1S/C7H9NO.C2H6/c1-6-2-4-7(8-9)5-3-6;1-2/h2-5,8-9H,1H3;1-2H3. The molecule has 0 radical (unpaired) electrons. The van der Waals surface area contributed by atoms with Gasteiger partial charge in [-0.2, -0.15) is 0 Å². The number of aryl methyl sites for hydroxylation is 1. The molecule has 1 aromatic rings. The third-order valence-electron chi connectivity index (χ3n) is 1.18. The lowest BCUT2D eigenvalue weighted by Gasteiger charge is -1.96. The van der Waals surface area contributed by atoms with E-state index in [1.165, 1.54) is 5.56 Å². The van der Waals surface area contributed by atoms with Gasteiger partial charge in [0.1, 0.15) is 0 Å². The second-order valence-corrected chi connectivity index (χ2v) is 1.98. The van der Waals surface area contributed by atoms with Crippen molar-refractivity contribution in [2.75, 3.05) is 5.48 Å². The van der Waals surface area contributed by atoms with Crippen molar-refractivity contribution in [3.63, 3.8) is 0 Å². The van der Waals surface area contributed by atoms with Crippen LogP contribution in [0.2, 0.25) is 0 Å². The molecule has 2 N–H and O–H groups in total. The average molecular weight is 153 g/mol. The fourth-order valence-corrected chi connectivity index (χ4v) is 0.628. The molecular weight excluding hydrogens is 138 g/mol. The van der Waals surface area contributed by atoms with Crippen molar-refractivity contribution < 1.29 is 5.21 Å². The molecule has 2 heteroatoms. The summed E-state index contributed by atoms with van der Waals surface area (Å²) in [6, 6.07) is 7.49. The summed E-state index contributed by atoms with van der Waals surface area (Å²) in [5, 5.41) is 8.38. The molecule has 0 saturated heterocycles. The van der Waals surface area contributed by atoms with Crippen molar-refractivity contribution in [2.45, 2.75) is 20.8 Å². The average Bonchev–Trinajstić information content (AvgIpc) is 2.10. The van der Waals surface area contributed by atoms with Gasteiger partial charge in [0.2, 0.25) is 0 Å². The first-order chi connectivity index (χ1) is 5.33. The molecule has 0 fully saturated rings. The minimum Gasteiger partial charge on any atom is -0.291 e. The highest BCUT2D eigenvalue weighted by atomic mass is 16.5. The Hall–Kier alpha value is -1.02. The summed E-state index contributed by atoms with van der Waals surface area (Å²) in [7, 11) is 0. The molecule has 62 valence electrons. The minimum atomic E-state index is 0.723. The molecule has 0 saturated carbocycles. The Morgan fingerprint density at radius 1 is 1.09 bits per heavy atom. The SMILES string of the molecule is CC.Cc1ccc(NO)cc1. The van der Waals surface area contributed by atoms with Gasteiger partial charge in [-0.25, -0.2) is 0 Å². The van der Waals surface area contributed by atoms with Crippen molar-refractivity contribution in [3.8, 4) is 0 Å². The first-order valence-corrected chi connectivity index (χ1v) is 3.79.